The summed E-state index contributed by atoms with van der Waals surface area (Å²) in [6, 6.07) is 14.2. The van der Waals surface area contributed by atoms with Crippen LogP contribution in [0.1, 0.15) is 10.4 Å². The zero-order chi connectivity index (χ0) is 18.2. The molecule has 2 rings (SSSR count). The van der Waals surface area contributed by atoms with Gasteiger partial charge in [-0.25, -0.2) is 4.99 Å². The summed E-state index contributed by atoms with van der Waals surface area (Å²) in [5, 5.41) is 3.18. The van der Waals surface area contributed by atoms with Gasteiger partial charge in [0.15, 0.2) is 5.96 Å². The molecule has 1 aromatic heterocycles. The molecular formula is C18H24BrIN4OS. The van der Waals surface area contributed by atoms with Crippen LogP contribution in [-0.4, -0.2) is 49.4 Å². The first-order chi connectivity index (χ1) is 12.0. The van der Waals surface area contributed by atoms with E-state index in [1.807, 2.05) is 48.3 Å². The van der Waals surface area contributed by atoms with Crippen molar-refractivity contribution in [3.63, 3.8) is 0 Å². The lowest BCUT2D eigenvalue weighted by molar-refractivity contribution is -0.127. The number of carbonyl (C=O) groups excluding carboxylic acids is 1. The average Bonchev–Trinajstić information content (AvgIpc) is 3.00. The van der Waals surface area contributed by atoms with E-state index < -0.39 is 0 Å². The van der Waals surface area contributed by atoms with Crippen LogP contribution in [-0.2, 0) is 17.9 Å². The standard InChI is InChI=1S/C18H23BrN4OS.HI/c1-22(2)17(24)12-21-18(20-11-14-7-5-4-6-8-14)23(3)13-15-9-10-16(19)25-15;/h4-10H,11-13H2,1-3H3,(H,20,21);1H. The molecule has 8 heteroatoms. The van der Waals surface area contributed by atoms with Gasteiger partial charge in [-0.1, -0.05) is 30.3 Å². The highest BCUT2D eigenvalue weighted by molar-refractivity contribution is 14.0. The van der Waals surface area contributed by atoms with Crippen LogP contribution in [0.5, 0.6) is 0 Å². The van der Waals surface area contributed by atoms with Gasteiger partial charge in [0, 0.05) is 26.0 Å². The molecule has 0 aliphatic carbocycles. The molecule has 0 bridgehead atoms. The number of halogens is 2. The summed E-state index contributed by atoms with van der Waals surface area (Å²) in [5.74, 6) is 0.725. The van der Waals surface area contributed by atoms with E-state index in [0.29, 0.717) is 12.5 Å². The Labute approximate surface area is 184 Å². The number of benzene rings is 1. The second kappa shape index (κ2) is 11.6. The molecule has 0 spiro atoms. The number of rotatable bonds is 6. The second-order valence-corrected chi connectivity index (χ2v) is 8.38. The van der Waals surface area contributed by atoms with Crippen molar-refractivity contribution in [2.75, 3.05) is 27.7 Å². The van der Waals surface area contributed by atoms with Crippen molar-refractivity contribution in [2.45, 2.75) is 13.1 Å². The molecule has 0 saturated heterocycles. The lowest BCUT2D eigenvalue weighted by Gasteiger charge is -2.22. The predicted molar refractivity (Wildman–Crippen MR) is 123 cm³/mol. The maximum absolute atomic E-state index is 11.9. The third kappa shape index (κ3) is 7.63. The van der Waals surface area contributed by atoms with Crippen molar-refractivity contribution in [1.29, 1.82) is 0 Å². The summed E-state index contributed by atoms with van der Waals surface area (Å²) in [5.41, 5.74) is 1.13. The Balaban J connectivity index is 0.00000338. The van der Waals surface area contributed by atoms with E-state index in [2.05, 4.69) is 32.3 Å². The van der Waals surface area contributed by atoms with Gasteiger partial charge < -0.3 is 15.1 Å². The number of nitrogens with zero attached hydrogens (tertiary/aromatic N) is 3. The van der Waals surface area contributed by atoms with Crippen LogP contribution in [0, 0.1) is 0 Å². The predicted octanol–water partition coefficient (Wildman–Crippen LogP) is 3.79. The average molecular weight is 551 g/mol. The molecule has 1 amide bonds. The maximum atomic E-state index is 11.9. The highest BCUT2D eigenvalue weighted by Gasteiger charge is 2.11. The molecule has 5 nitrogen and oxygen atoms in total. The van der Waals surface area contributed by atoms with Gasteiger partial charge in [0.1, 0.15) is 0 Å². The molecule has 1 aromatic carbocycles. The fourth-order valence-electron chi connectivity index (χ4n) is 2.12. The van der Waals surface area contributed by atoms with Gasteiger partial charge in [-0.15, -0.1) is 35.3 Å². The molecule has 142 valence electrons. The fourth-order valence-corrected chi connectivity index (χ4v) is 3.66. The van der Waals surface area contributed by atoms with E-state index in [1.165, 1.54) is 4.88 Å². The summed E-state index contributed by atoms with van der Waals surface area (Å²) in [7, 11) is 5.47. The van der Waals surface area contributed by atoms with Crippen molar-refractivity contribution in [2.24, 2.45) is 4.99 Å². The largest absolute Gasteiger partial charge is 0.347 e. The molecule has 0 saturated carbocycles. The van der Waals surface area contributed by atoms with Gasteiger partial charge >= 0.3 is 0 Å². The van der Waals surface area contributed by atoms with Crippen LogP contribution < -0.4 is 5.32 Å². The normalized spacial score (nSPS) is 10.8. The monoisotopic (exact) mass is 550 g/mol. The molecule has 1 heterocycles. The number of hydrogen-bond donors (Lipinski definition) is 1. The number of nitrogens with one attached hydrogen (secondary N) is 1. The Morgan fingerprint density at radius 2 is 1.85 bits per heavy atom. The highest BCUT2D eigenvalue weighted by atomic mass is 127. The molecule has 1 N–H and O–H groups in total. The van der Waals surface area contributed by atoms with Crippen molar-refractivity contribution in [3.8, 4) is 0 Å². The van der Waals surface area contributed by atoms with Crippen molar-refractivity contribution < 1.29 is 4.79 Å². The van der Waals surface area contributed by atoms with E-state index in [9.17, 15) is 4.79 Å². The number of thiophene rings is 1. The summed E-state index contributed by atoms with van der Waals surface area (Å²) >= 11 is 5.18. The van der Waals surface area contributed by atoms with Gasteiger partial charge in [0.2, 0.25) is 5.91 Å². The Morgan fingerprint density at radius 1 is 1.15 bits per heavy atom. The van der Waals surface area contributed by atoms with Crippen LogP contribution in [0.3, 0.4) is 0 Å². The Morgan fingerprint density at radius 3 is 2.42 bits per heavy atom. The zero-order valence-corrected chi connectivity index (χ0v) is 19.8. The molecule has 0 atom stereocenters. The van der Waals surface area contributed by atoms with E-state index in [-0.39, 0.29) is 36.4 Å². The topological polar surface area (TPSA) is 47.9 Å². The Hall–Kier alpha value is -1.13. The molecule has 0 fully saturated rings. The molecule has 2 aromatic rings. The summed E-state index contributed by atoms with van der Waals surface area (Å²) in [4.78, 5) is 21.4. The lowest BCUT2D eigenvalue weighted by Crippen LogP contribution is -2.43. The zero-order valence-electron chi connectivity index (χ0n) is 15.1. The van der Waals surface area contributed by atoms with E-state index in [1.54, 1.807) is 30.3 Å². The summed E-state index contributed by atoms with van der Waals surface area (Å²) in [6.45, 7) is 1.52. The SMILES string of the molecule is CN(C)C(=O)CNC(=NCc1ccccc1)N(C)Cc1ccc(Br)s1.I. The van der Waals surface area contributed by atoms with Gasteiger partial charge in [-0.2, -0.15) is 0 Å². The lowest BCUT2D eigenvalue weighted by atomic mass is 10.2. The Kier molecular flexibility index (Phi) is 10.2. The first-order valence-electron chi connectivity index (χ1n) is 7.93. The smallest absolute Gasteiger partial charge is 0.241 e. The highest BCUT2D eigenvalue weighted by Crippen LogP contribution is 2.23. The van der Waals surface area contributed by atoms with Crippen LogP contribution in [0.2, 0.25) is 0 Å². The van der Waals surface area contributed by atoms with E-state index in [4.69, 9.17) is 0 Å². The molecular weight excluding hydrogens is 527 g/mol. The van der Waals surface area contributed by atoms with Crippen molar-refractivity contribution >= 4 is 63.1 Å². The molecule has 0 aliphatic rings. The number of aliphatic imine (C=N–C) groups is 1. The molecule has 0 aliphatic heterocycles. The van der Waals surface area contributed by atoms with Gasteiger partial charge in [-0.05, 0) is 33.6 Å². The van der Waals surface area contributed by atoms with Gasteiger partial charge in [0.25, 0.3) is 0 Å². The van der Waals surface area contributed by atoms with Crippen LogP contribution >= 0.6 is 51.2 Å². The van der Waals surface area contributed by atoms with Gasteiger partial charge in [-0.3, -0.25) is 4.79 Å². The molecule has 0 unspecified atom stereocenters. The van der Waals surface area contributed by atoms with Crippen LogP contribution in [0.15, 0.2) is 51.2 Å². The maximum Gasteiger partial charge on any atom is 0.241 e. The van der Waals surface area contributed by atoms with Gasteiger partial charge in [0.05, 0.1) is 23.4 Å². The first-order valence-corrected chi connectivity index (χ1v) is 9.54. The summed E-state index contributed by atoms with van der Waals surface area (Å²) in [6.07, 6.45) is 0. The minimum absolute atomic E-state index is 0. The summed E-state index contributed by atoms with van der Waals surface area (Å²) < 4.78 is 1.11. The first kappa shape index (κ1) is 22.9. The third-order valence-corrected chi connectivity index (χ3v) is 5.14. The minimum Gasteiger partial charge on any atom is -0.347 e. The molecule has 0 radical (unpaired) electrons. The molecule has 26 heavy (non-hydrogen) atoms. The van der Waals surface area contributed by atoms with E-state index in [0.717, 1.165) is 15.9 Å². The van der Waals surface area contributed by atoms with Crippen LogP contribution in [0.25, 0.3) is 0 Å². The quantitative estimate of drug-likeness (QED) is 0.338. The number of carbonyl (C=O) groups is 1. The number of likely N-dealkylation sites (N-methyl/N-ethyl adjacent to an activating group) is 1. The van der Waals surface area contributed by atoms with E-state index >= 15 is 0 Å². The van der Waals surface area contributed by atoms with Crippen LogP contribution in [0.4, 0.5) is 0 Å². The second-order valence-electron chi connectivity index (χ2n) is 5.83. The van der Waals surface area contributed by atoms with Crippen molar-refractivity contribution in [1.82, 2.24) is 15.1 Å². The number of guanidine groups is 1. The fraction of sp³-hybridized carbons (Fsp3) is 0.333. The van der Waals surface area contributed by atoms with Crippen molar-refractivity contribution in [3.05, 3.63) is 56.7 Å². The minimum atomic E-state index is 0. The third-order valence-electron chi connectivity index (χ3n) is 3.53. The number of amides is 1. The number of hydrogen-bond acceptors (Lipinski definition) is 3. The Bertz CT molecular complexity index is 721.